The number of hydrogen-bond donors (Lipinski definition) is 2. The molecule has 0 unspecified atom stereocenters. The number of benzene rings is 1. The monoisotopic (exact) mass is 262 g/mol. The van der Waals surface area contributed by atoms with E-state index < -0.39 is 23.8 Å². The standard InChI is InChI=1S/C11H13F3N2O2/c1-18-10(17)9(16)4-6-2-3-7(15)5-8(6)11(12,13)14/h2-3,5,9H,4,15-16H2,1H3/t9-/m0/s1. The van der Waals surface area contributed by atoms with Crippen molar-refractivity contribution in [1.82, 2.24) is 0 Å². The Kier molecular flexibility index (Phi) is 4.18. The molecule has 18 heavy (non-hydrogen) atoms. The molecular weight excluding hydrogens is 249 g/mol. The number of hydrogen-bond acceptors (Lipinski definition) is 4. The van der Waals surface area contributed by atoms with Gasteiger partial charge in [-0.25, -0.2) is 0 Å². The summed E-state index contributed by atoms with van der Waals surface area (Å²) in [7, 11) is 1.12. The summed E-state index contributed by atoms with van der Waals surface area (Å²) in [6.45, 7) is 0. The van der Waals surface area contributed by atoms with Gasteiger partial charge in [-0.1, -0.05) is 6.07 Å². The van der Waals surface area contributed by atoms with Crippen molar-refractivity contribution >= 4 is 11.7 Å². The van der Waals surface area contributed by atoms with Crippen LogP contribution in [0.4, 0.5) is 18.9 Å². The van der Waals surface area contributed by atoms with Crippen LogP contribution in [0.5, 0.6) is 0 Å². The highest BCUT2D eigenvalue weighted by Gasteiger charge is 2.34. The first-order chi connectivity index (χ1) is 8.25. The van der Waals surface area contributed by atoms with E-state index >= 15 is 0 Å². The second-order valence-corrected chi connectivity index (χ2v) is 3.75. The van der Waals surface area contributed by atoms with Crippen molar-refractivity contribution in [2.24, 2.45) is 5.73 Å². The van der Waals surface area contributed by atoms with Crippen LogP contribution in [0, 0.1) is 0 Å². The first kappa shape index (κ1) is 14.3. The van der Waals surface area contributed by atoms with E-state index in [1.54, 1.807) is 0 Å². The van der Waals surface area contributed by atoms with Crippen LogP contribution in [-0.4, -0.2) is 19.1 Å². The predicted octanol–water partition coefficient (Wildman–Crippen LogP) is 1.33. The number of alkyl halides is 3. The number of esters is 1. The van der Waals surface area contributed by atoms with Crippen LogP contribution in [0.1, 0.15) is 11.1 Å². The van der Waals surface area contributed by atoms with E-state index in [1.165, 1.54) is 12.1 Å². The summed E-state index contributed by atoms with van der Waals surface area (Å²) in [4.78, 5) is 11.1. The highest BCUT2D eigenvalue weighted by molar-refractivity contribution is 5.75. The second kappa shape index (κ2) is 5.26. The van der Waals surface area contributed by atoms with Crippen LogP contribution in [0.15, 0.2) is 18.2 Å². The zero-order valence-corrected chi connectivity index (χ0v) is 9.62. The van der Waals surface area contributed by atoms with Gasteiger partial charge >= 0.3 is 12.1 Å². The molecular formula is C11H13F3N2O2. The molecule has 0 aliphatic rings. The number of nitrogen functional groups attached to an aromatic ring is 1. The topological polar surface area (TPSA) is 78.3 Å². The molecule has 0 saturated carbocycles. The number of rotatable bonds is 3. The first-order valence-electron chi connectivity index (χ1n) is 5.04. The van der Waals surface area contributed by atoms with Crippen LogP contribution in [0.25, 0.3) is 0 Å². The summed E-state index contributed by atoms with van der Waals surface area (Å²) in [5.74, 6) is -0.764. The Morgan fingerprint density at radius 2 is 2.06 bits per heavy atom. The first-order valence-corrected chi connectivity index (χ1v) is 5.04. The van der Waals surface area contributed by atoms with Crippen LogP contribution in [0.2, 0.25) is 0 Å². The fourth-order valence-electron chi connectivity index (χ4n) is 1.51. The maximum Gasteiger partial charge on any atom is 0.416 e. The summed E-state index contributed by atoms with van der Waals surface area (Å²) in [6.07, 6.45) is -4.80. The van der Waals surface area contributed by atoms with Gasteiger partial charge in [0.05, 0.1) is 12.7 Å². The van der Waals surface area contributed by atoms with Gasteiger partial charge < -0.3 is 16.2 Å². The molecule has 0 radical (unpaired) electrons. The average Bonchev–Trinajstić information content (AvgIpc) is 2.28. The maximum atomic E-state index is 12.7. The van der Waals surface area contributed by atoms with Gasteiger partial charge in [-0.05, 0) is 24.1 Å². The Balaban J connectivity index is 3.06. The highest BCUT2D eigenvalue weighted by Crippen LogP contribution is 2.33. The molecule has 1 aromatic rings. The number of anilines is 1. The van der Waals surface area contributed by atoms with Crippen molar-refractivity contribution in [2.75, 3.05) is 12.8 Å². The molecule has 0 bridgehead atoms. The fourth-order valence-corrected chi connectivity index (χ4v) is 1.51. The summed E-state index contributed by atoms with van der Waals surface area (Å²) >= 11 is 0. The normalized spacial score (nSPS) is 13.2. The molecule has 0 amide bonds. The lowest BCUT2D eigenvalue weighted by Gasteiger charge is -2.15. The molecule has 1 atom stereocenters. The number of methoxy groups -OCH3 is 1. The number of carbonyl (C=O) groups excluding carboxylic acids is 1. The minimum absolute atomic E-state index is 0.00212. The van der Waals surface area contributed by atoms with Crippen molar-refractivity contribution in [3.8, 4) is 0 Å². The highest BCUT2D eigenvalue weighted by atomic mass is 19.4. The Labute approximate surface area is 102 Å². The zero-order valence-electron chi connectivity index (χ0n) is 9.62. The van der Waals surface area contributed by atoms with Gasteiger partial charge in [0.2, 0.25) is 0 Å². The van der Waals surface area contributed by atoms with E-state index in [9.17, 15) is 18.0 Å². The van der Waals surface area contributed by atoms with E-state index in [0.29, 0.717) is 0 Å². The van der Waals surface area contributed by atoms with Gasteiger partial charge in [0.25, 0.3) is 0 Å². The lowest BCUT2D eigenvalue weighted by molar-refractivity contribution is -0.143. The van der Waals surface area contributed by atoms with Crippen LogP contribution in [0.3, 0.4) is 0 Å². The third-order valence-corrected chi connectivity index (χ3v) is 2.38. The molecule has 100 valence electrons. The summed E-state index contributed by atoms with van der Waals surface area (Å²) < 4.78 is 42.6. The van der Waals surface area contributed by atoms with Crippen LogP contribution >= 0.6 is 0 Å². The largest absolute Gasteiger partial charge is 0.468 e. The lowest BCUT2D eigenvalue weighted by atomic mass is 9.99. The molecule has 0 aromatic heterocycles. The molecule has 0 saturated heterocycles. The third kappa shape index (κ3) is 3.36. The third-order valence-electron chi connectivity index (χ3n) is 2.38. The predicted molar refractivity (Wildman–Crippen MR) is 59.6 cm³/mol. The van der Waals surface area contributed by atoms with Crippen molar-refractivity contribution in [1.29, 1.82) is 0 Å². The van der Waals surface area contributed by atoms with E-state index in [-0.39, 0.29) is 17.7 Å². The van der Waals surface area contributed by atoms with Crippen molar-refractivity contribution in [3.63, 3.8) is 0 Å². The van der Waals surface area contributed by atoms with Crippen LogP contribution in [-0.2, 0) is 22.1 Å². The van der Waals surface area contributed by atoms with Gasteiger partial charge in [0.1, 0.15) is 6.04 Å². The SMILES string of the molecule is COC(=O)[C@@H](N)Cc1ccc(N)cc1C(F)(F)F. The number of nitrogens with two attached hydrogens (primary N) is 2. The Morgan fingerprint density at radius 3 is 2.56 bits per heavy atom. The molecule has 7 heteroatoms. The number of halogens is 3. The minimum Gasteiger partial charge on any atom is -0.468 e. The van der Waals surface area contributed by atoms with E-state index in [0.717, 1.165) is 13.2 Å². The molecule has 4 N–H and O–H groups in total. The molecule has 4 nitrogen and oxygen atoms in total. The molecule has 0 aliphatic heterocycles. The Morgan fingerprint density at radius 1 is 1.44 bits per heavy atom. The van der Waals surface area contributed by atoms with E-state index in [4.69, 9.17) is 11.5 Å². The molecule has 1 rings (SSSR count). The van der Waals surface area contributed by atoms with Crippen molar-refractivity contribution in [2.45, 2.75) is 18.6 Å². The van der Waals surface area contributed by atoms with Crippen LogP contribution < -0.4 is 11.5 Å². The zero-order chi connectivity index (χ0) is 13.9. The van der Waals surface area contributed by atoms with Gasteiger partial charge in [-0.2, -0.15) is 13.2 Å². The average molecular weight is 262 g/mol. The second-order valence-electron chi connectivity index (χ2n) is 3.75. The smallest absolute Gasteiger partial charge is 0.416 e. The molecule has 0 spiro atoms. The van der Waals surface area contributed by atoms with E-state index in [2.05, 4.69) is 4.74 Å². The quantitative estimate of drug-likeness (QED) is 0.636. The van der Waals surface area contributed by atoms with Gasteiger partial charge in [0, 0.05) is 5.69 Å². The number of carbonyl (C=O) groups is 1. The van der Waals surface area contributed by atoms with Gasteiger partial charge in [-0.3, -0.25) is 4.79 Å². The Bertz CT molecular complexity index is 446. The van der Waals surface area contributed by atoms with Crippen molar-refractivity contribution in [3.05, 3.63) is 29.3 Å². The van der Waals surface area contributed by atoms with Gasteiger partial charge in [0.15, 0.2) is 0 Å². The van der Waals surface area contributed by atoms with E-state index in [1.807, 2.05) is 0 Å². The summed E-state index contributed by atoms with van der Waals surface area (Å²) in [6, 6.07) is 2.22. The number of ether oxygens (including phenoxy) is 1. The summed E-state index contributed by atoms with van der Waals surface area (Å²) in [5, 5.41) is 0. The van der Waals surface area contributed by atoms with Gasteiger partial charge in [-0.15, -0.1) is 0 Å². The molecule has 1 aromatic carbocycles. The molecule has 0 heterocycles. The molecule has 0 aliphatic carbocycles. The lowest BCUT2D eigenvalue weighted by Crippen LogP contribution is -2.34. The van der Waals surface area contributed by atoms with Crippen molar-refractivity contribution < 1.29 is 22.7 Å². The minimum atomic E-state index is -4.54. The Hall–Kier alpha value is -1.76. The summed E-state index contributed by atoms with van der Waals surface area (Å²) in [5.41, 5.74) is 9.78. The fraction of sp³-hybridized carbons (Fsp3) is 0.364. The molecule has 0 fully saturated rings. The maximum absolute atomic E-state index is 12.7.